The number of hydrogen-bond acceptors (Lipinski definition) is 8. The molecule has 0 saturated carbocycles. The van der Waals surface area contributed by atoms with Crippen LogP contribution < -0.4 is 15.6 Å². The molecule has 0 aliphatic rings. The summed E-state index contributed by atoms with van der Waals surface area (Å²) in [6.07, 6.45) is 1.37. The maximum atomic E-state index is 12.4. The van der Waals surface area contributed by atoms with Gasteiger partial charge in [-0.1, -0.05) is 0 Å². The van der Waals surface area contributed by atoms with E-state index in [1.165, 1.54) is 28.3 Å². The number of nitrogens with zero attached hydrogens (tertiary/aromatic N) is 3. The summed E-state index contributed by atoms with van der Waals surface area (Å²) in [5.41, 5.74) is 1.44. The van der Waals surface area contributed by atoms with Crippen LogP contribution in [0.2, 0.25) is 0 Å². The number of benzene rings is 1. The maximum Gasteiger partial charge on any atom is 0.311 e. The molecule has 1 N–H and O–H groups in total. The van der Waals surface area contributed by atoms with Gasteiger partial charge in [0.25, 0.3) is 5.56 Å². The summed E-state index contributed by atoms with van der Waals surface area (Å²) >= 11 is 1.19. The molecule has 31 heavy (non-hydrogen) atoms. The number of anilines is 1. The van der Waals surface area contributed by atoms with Crippen LogP contribution in [-0.4, -0.2) is 39.6 Å². The second-order valence-corrected chi connectivity index (χ2v) is 7.23. The van der Waals surface area contributed by atoms with E-state index in [1.54, 1.807) is 12.3 Å². The van der Waals surface area contributed by atoms with Crippen molar-refractivity contribution in [2.24, 2.45) is 0 Å². The van der Waals surface area contributed by atoms with Crippen LogP contribution in [0.25, 0.3) is 11.3 Å². The van der Waals surface area contributed by atoms with Crippen LogP contribution in [0.15, 0.2) is 46.8 Å². The molecule has 2 aromatic heterocycles. The fourth-order valence-electron chi connectivity index (χ4n) is 2.71. The van der Waals surface area contributed by atoms with Gasteiger partial charge in [0, 0.05) is 17.0 Å². The lowest BCUT2D eigenvalue weighted by molar-refractivity contribution is -0.142. The zero-order valence-corrected chi connectivity index (χ0v) is 18.0. The molecule has 3 rings (SSSR count). The van der Waals surface area contributed by atoms with Crippen molar-refractivity contribution in [3.8, 4) is 17.0 Å². The Morgan fingerprint density at radius 3 is 2.61 bits per heavy atom. The summed E-state index contributed by atoms with van der Waals surface area (Å²) in [7, 11) is 0. The molecule has 3 aromatic rings. The lowest BCUT2D eigenvalue weighted by atomic mass is 10.1. The number of nitrogens with one attached hydrogen (secondary N) is 1. The highest BCUT2D eigenvalue weighted by Crippen LogP contribution is 2.19. The number of carbonyl (C=O) groups excluding carboxylic acids is 2. The topological polar surface area (TPSA) is 112 Å². The average molecular weight is 442 g/mol. The lowest BCUT2D eigenvalue weighted by Crippen LogP contribution is -2.27. The molecule has 0 radical (unpaired) electrons. The molecule has 0 atom stereocenters. The summed E-state index contributed by atoms with van der Waals surface area (Å²) in [6, 6.07) is 8.64. The standard InChI is InChI=1S/C21H22N4O5S/c1-3-29-16-7-5-14(6-8-16)17-10-19(27)25(13-22-17)11-18(26)24-21-23-15(12-31-21)9-20(28)30-4-2/h5-8,10,12-13H,3-4,9,11H2,1-2H3,(H,23,24,26). The largest absolute Gasteiger partial charge is 0.494 e. The molecule has 0 aliphatic heterocycles. The molecular formula is C21H22N4O5S. The minimum Gasteiger partial charge on any atom is -0.494 e. The summed E-state index contributed by atoms with van der Waals surface area (Å²) in [5, 5.41) is 4.64. The zero-order chi connectivity index (χ0) is 22.2. The first-order chi connectivity index (χ1) is 15.0. The van der Waals surface area contributed by atoms with E-state index in [0.29, 0.717) is 29.7 Å². The van der Waals surface area contributed by atoms with Crippen molar-refractivity contribution in [1.82, 2.24) is 14.5 Å². The fourth-order valence-corrected chi connectivity index (χ4v) is 3.44. The molecule has 0 unspecified atom stereocenters. The smallest absolute Gasteiger partial charge is 0.311 e. The Bertz CT molecular complexity index is 1110. The highest BCUT2D eigenvalue weighted by Gasteiger charge is 2.12. The van der Waals surface area contributed by atoms with E-state index in [2.05, 4.69) is 15.3 Å². The molecule has 0 spiro atoms. The minimum atomic E-state index is -0.422. The van der Waals surface area contributed by atoms with Crippen LogP contribution in [0.5, 0.6) is 5.75 Å². The average Bonchev–Trinajstić information content (AvgIpc) is 3.17. The van der Waals surface area contributed by atoms with Gasteiger partial charge in [-0.2, -0.15) is 0 Å². The number of aromatic nitrogens is 3. The van der Waals surface area contributed by atoms with Crippen LogP contribution in [0.1, 0.15) is 19.5 Å². The van der Waals surface area contributed by atoms with E-state index in [0.717, 1.165) is 11.3 Å². The van der Waals surface area contributed by atoms with Gasteiger partial charge in [-0.3, -0.25) is 19.0 Å². The summed E-state index contributed by atoms with van der Waals surface area (Å²) < 4.78 is 11.5. The van der Waals surface area contributed by atoms with Crippen molar-refractivity contribution < 1.29 is 19.1 Å². The van der Waals surface area contributed by atoms with Crippen molar-refractivity contribution in [1.29, 1.82) is 0 Å². The Morgan fingerprint density at radius 1 is 1.16 bits per heavy atom. The van der Waals surface area contributed by atoms with Crippen molar-refractivity contribution >= 4 is 28.3 Å². The highest BCUT2D eigenvalue weighted by atomic mass is 32.1. The molecule has 1 aromatic carbocycles. The van der Waals surface area contributed by atoms with Gasteiger partial charge in [-0.15, -0.1) is 11.3 Å². The normalized spacial score (nSPS) is 10.5. The second-order valence-electron chi connectivity index (χ2n) is 6.37. The number of esters is 1. The number of amides is 1. The number of thiazole rings is 1. The van der Waals surface area contributed by atoms with E-state index in [4.69, 9.17) is 9.47 Å². The van der Waals surface area contributed by atoms with Gasteiger partial charge in [0.2, 0.25) is 5.91 Å². The molecule has 0 fully saturated rings. The molecule has 10 heteroatoms. The van der Waals surface area contributed by atoms with E-state index in [-0.39, 0.29) is 24.5 Å². The van der Waals surface area contributed by atoms with E-state index >= 15 is 0 Å². The van der Waals surface area contributed by atoms with Crippen LogP contribution in [-0.2, 0) is 27.3 Å². The summed E-state index contributed by atoms with van der Waals surface area (Å²) in [5.74, 6) is -0.0606. The molecule has 162 valence electrons. The summed E-state index contributed by atoms with van der Waals surface area (Å²) in [6.45, 7) is 4.30. The van der Waals surface area contributed by atoms with Crippen molar-refractivity contribution in [3.63, 3.8) is 0 Å². The van der Waals surface area contributed by atoms with Crippen molar-refractivity contribution in [2.75, 3.05) is 18.5 Å². The molecular weight excluding hydrogens is 420 g/mol. The summed E-state index contributed by atoms with van der Waals surface area (Å²) in [4.78, 5) is 44.7. The van der Waals surface area contributed by atoms with E-state index < -0.39 is 5.91 Å². The first-order valence-corrected chi connectivity index (χ1v) is 10.6. The monoisotopic (exact) mass is 442 g/mol. The number of hydrogen-bond donors (Lipinski definition) is 1. The third-order valence-electron chi connectivity index (χ3n) is 4.08. The fraction of sp³-hybridized carbons (Fsp3) is 0.286. The third-order valence-corrected chi connectivity index (χ3v) is 4.89. The van der Waals surface area contributed by atoms with Gasteiger partial charge < -0.3 is 14.8 Å². The van der Waals surface area contributed by atoms with Crippen molar-refractivity contribution in [2.45, 2.75) is 26.8 Å². The number of ether oxygens (including phenoxy) is 2. The van der Waals surface area contributed by atoms with Gasteiger partial charge >= 0.3 is 5.97 Å². The zero-order valence-electron chi connectivity index (χ0n) is 17.2. The number of carbonyl (C=O) groups is 2. The predicted molar refractivity (Wildman–Crippen MR) is 116 cm³/mol. The minimum absolute atomic E-state index is 0.0383. The molecule has 0 saturated heterocycles. The molecule has 9 nitrogen and oxygen atoms in total. The van der Waals surface area contributed by atoms with Crippen LogP contribution in [0.4, 0.5) is 5.13 Å². The molecule has 0 bridgehead atoms. The first-order valence-electron chi connectivity index (χ1n) is 9.68. The third kappa shape index (κ3) is 6.22. The Balaban J connectivity index is 1.61. The van der Waals surface area contributed by atoms with Gasteiger partial charge in [0.05, 0.1) is 37.3 Å². The lowest BCUT2D eigenvalue weighted by Gasteiger charge is -2.07. The molecule has 1 amide bonds. The van der Waals surface area contributed by atoms with E-state index in [1.807, 2.05) is 31.2 Å². The van der Waals surface area contributed by atoms with Crippen molar-refractivity contribution in [3.05, 3.63) is 58.1 Å². The Labute approximate surface area is 182 Å². The van der Waals surface area contributed by atoms with Gasteiger partial charge in [0.15, 0.2) is 5.13 Å². The second kappa shape index (κ2) is 10.5. The van der Waals surface area contributed by atoms with Crippen LogP contribution >= 0.6 is 11.3 Å². The van der Waals surface area contributed by atoms with E-state index in [9.17, 15) is 14.4 Å². The van der Waals surface area contributed by atoms with Gasteiger partial charge in [-0.25, -0.2) is 9.97 Å². The van der Waals surface area contributed by atoms with Crippen LogP contribution in [0, 0.1) is 0 Å². The van der Waals surface area contributed by atoms with Crippen LogP contribution in [0.3, 0.4) is 0 Å². The highest BCUT2D eigenvalue weighted by molar-refractivity contribution is 7.13. The van der Waals surface area contributed by atoms with Gasteiger partial charge in [-0.05, 0) is 38.1 Å². The SMILES string of the molecule is CCOC(=O)Cc1csc(NC(=O)Cn2cnc(-c3ccc(OCC)cc3)cc2=O)n1. The quantitative estimate of drug-likeness (QED) is 0.507. The first kappa shape index (κ1) is 22.2. The molecule has 0 aliphatic carbocycles. The molecule has 2 heterocycles. The Morgan fingerprint density at radius 2 is 1.94 bits per heavy atom. The Hall–Kier alpha value is -3.53. The Kier molecular flexibility index (Phi) is 7.50. The maximum absolute atomic E-state index is 12.4. The van der Waals surface area contributed by atoms with Gasteiger partial charge in [0.1, 0.15) is 12.3 Å². The number of rotatable bonds is 9. The predicted octanol–water partition coefficient (Wildman–Crippen LogP) is 2.51.